The lowest BCUT2D eigenvalue weighted by atomic mass is 10.4. The van der Waals surface area contributed by atoms with Crippen molar-refractivity contribution in [2.75, 3.05) is 30.8 Å². The monoisotopic (exact) mass is 167 g/mol. The molecule has 1 heterocycles. The van der Waals surface area contributed by atoms with Crippen molar-refractivity contribution in [1.29, 1.82) is 0 Å². The van der Waals surface area contributed by atoms with E-state index in [-0.39, 0.29) is 0 Å². The van der Waals surface area contributed by atoms with E-state index in [1.807, 2.05) is 11.9 Å². The van der Waals surface area contributed by atoms with Crippen LogP contribution < -0.4 is 16.4 Å². The van der Waals surface area contributed by atoms with E-state index in [9.17, 15) is 0 Å². The van der Waals surface area contributed by atoms with Crippen molar-refractivity contribution in [1.82, 2.24) is 9.97 Å². The maximum absolute atomic E-state index is 5.48. The third-order valence-corrected chi connectivity index (χ3v) is 1.53. The lowest BCUT2D eigenvalue weighted by molar-refractivity contribution is 0.865. The Morgan fingerprint density at radius 2 is 2.25 bits per heavy atom. The molecule has 0 atom stereocenters. The summed E-state index contributed by atoms with van der Waals surface area (Å²) in [5.41, 5.74) is 10.9. The molecule has 5 heteroatoms. The first-order chi connectivity index (χ1) is 5.74. The lowest BCUT2D eigenvalue weighted by Crippen LogP contribution is -2.25. The molecule has 0 saturated heterocycles. The number of hydrogen-bond donors (Lipinski definition) is 2. The second-order valence-electron chi connectivity index (χ2n) is 2.51. The van der Waals surface area contributed by atoms with E-state index in [0.717, 1.165) is 12.4 Å². The molecule has 0 aromatic carbocycles. The lowest BCUT2D eigenvalue weighted by Gasteiger charge is -2.16. The zero-order chi connectivity index (χ0) is 8.97. The van der Waals surface area contributed by atoms with E-state index < -0.39 is 0 Å². The van der Waals surface area contributed by atoms with E-state index in [1.165, 1.54) is 6.33 Å². The van der Waals surface area contributed by atoms with Crippen LogP contribution in [-0.2, 0) is 0 Å². The van der Waals surface area contributed by atoms with Crippen LogP contribution in [0.3, 0.4) is 0 Å². The molecule has 4 N–H and O–H groups in total. The van der Waals surface area contributed by atoms with Gasteiger partial charge in [-0.3, -0.25) is 0 Å². The van der Waals surface area contributed by atoms with Gasteiger partial charge >= 0.3 is 0 Å². The molecule has 0 aliphatic heterocycles. The Bertz CT molecular complexity index is 249. The van der Waals surface area contributed by atoms with Crippen LogP contribution in [-0.4, -0.2) is 30.1 Å². The number of rotatable bonds is 3. The molecule has 12 heavy (non-hydrogen) atoms. The third kappa shape index (κ3) is 2.06. The van der Waals surface area contributed by atoms with Crippen molar-refractivity contribution in [3.8, 4) is 0 Å². The van der Waals surface area contributed by atoms with Gasteiger partial charge in [-0.15, -0.1) is 0 Å². The van der Waals surface area contributed by atoms with E-state index in [4.69, 9.17) is 11.5 Å². The minimum absolute atomic E-state index is 0.476. The highest BCUT2D eigenvalue weighted by molar-refractivity contribution is 5.44. The summed E-state index contributed by atoms with van der Waals surface area (Å²) in [6.07, 6.45) is 1.44. The quantitative estimate of drug-likeness (QED) is 0.631. The number of nitrogen functional groups attached to an aromatic ring is 1. The zero-order valence-electron chi connectivity index (χ0n) is 7.07. The fourth-order valence-electron chi connectivity index (χ4n) is 0.878. The van der Waals surface area contributed by atoms with Crippen LogP contribution in [0.15, 0.2) is 12.4 Å². The molecular formula is C7H13N5. The third-order valence-electron chi connectivity index (χ3n) is 1.53. The Balaban J connectivity index is 2.73. The van der Waals surface area contributed by atoms with Crippen LogP contribution >= 0.6 is 0 Å². The summed E-state index contributed by atoms with van der Waals surface area (Å²) in [7, 11) is 1.91. The molecule has 0 aliphatic carbocycles. The Hall–Kier alpha value is -1.36. The van der Waals surface area contributed by atoms with E-state index in [0.29, 0.717) is 12.4 Å². The molecule has 1 aromatic rings. The van der Waals surface area contributed by atoms with Crippen LogP contribution in [0.4, 0.5) is 11.6 Å². The molecule has 0 aliphatic rings. The van der Waals surface area contributed by atoms with Crippen LogP contribution in [0.2, 0.25) is 0 Å². The van der Waals surface area contributed by atoms with Gasteiger partial charge in [-0.05, 0) is 0 Å². The van der Waals surface area contributed by atoms with Crippen LogP contribution in [0.25, 0.3) is 0 Å². The molecule has 5 nitrogen and oxygen atoms in total. The smallest absolute Gasteiger partial charge is 0.133 e. The van der Waals surface area contributed by atoms with Crippen molar-refractivity contribution in [2.45, 2.75) is 0 Å². The summed E-state index contributed by atoms with van der Waals surface area (Å²) in [4.78, 5) is 9.76. The maximum Gasteiger partial charge on any atom is 0.133 e. The first kappa shape index (κ1) is 8.73. The summed E-state index contributed by atoms with van der Waals surface area (Å²) < 4.78 is 0. The largest absolute Gasteiger partial charge is 0.384 e. The summed E-state index contributed by atoms with van der Waals surface area (Å²) in [6.45, 7) is 1.36. The second-order valence-corrected chi connectivity index (χ2v) is 2.51. The van der Waals surface area contributed by atoms with Crippen molar-refractivity contribution in [3.05, 3.63) is 12.4 Å². The molecule has 1 aromatic heterocycles. The van der Waals surface area contributed by atoms with E-state index >= 15 is 0 Å². The van der Waals surface area contributed by atoms with Gasteiger partial charge in [0, 0.05) is 26.2 Å². The van der Waals surface area contributed by atoms with Gasteiger partial charge in [-0.1, -0.05) is 0 Å². The zero-order valence-corrected chi connectivity index (χ0v) is 7.07. The van der Waals surface area contributed by atoms with Crippen LogP contribution in [0.5, 0.6) is 0 Å². The average Bonchev–Trinajstić information content (AvgIpc) is 2.05. The number of aromatic nitrogens is 2. The predicted octanol–water partition coefficient (Wildman–Crippen LogP) is -0.546. The molecule has 66 valence electrons. The minimum atomic E-state index is 0.476. The molecule has 1 rings (SSSR count). The van der Waals surface area contributed by atoms with Gasteiger partial charge in [0.2, 0.25) is 0 Å². The molecule has 0 spiro atoms. The summed E-state index contributed by atoms with van der Waals surface area (Å²) in [5, 5.41) is 0. The van der Waals surface area contributed by atoms with Gasteiger partial charge in [-0.2, -0.15) is 0 Å². The van der Waals surface area contributed by atoms with Crippen molar-refractivity contribution in [2.24, 2.45) is 5.73 Å². The Kier molecular flexibility index (Phi) is 2.82. The van der Waals surface area contributed by atoms with Crippen LogP contribution in [0, 0.1) is 0 Å². The van der Waals surface area contributed by atoms with Crippen molar-refractivity contribution in [3.63, 3.8) is 0 Å². The minimum Gasteiger partial charge on any atom is -0.384 e. The fraction of sp³-hybridized carbons (Fsp3) is 0.429. The highest BCUT2D eigenvalue weighted by Gasteiger charge is 2.00. The molecular weight excluding hydrogens is 154 g/mol. The first-order valence-electron chi connectivity index (χ1n) is 3.72. The molecule has 0 unspecified atom stereocenters. The second kappa shape index (κ2) is 3.87. The summed E-state index contributed by atoms with van der Waals surface area (Å²) in [5.74, 6) is 1.27. The van der Waals surface area contributed by atoms with Gasteiger partial charge in [-0.25, -0.2) is 9.97 Å². The Morgan fingerprint density at radius 1 is 1.50 bits per heavy atom. The number of likely N-dealkylation sites (N-methyl/N-ethyl adjacent to an activating group) is 1. The standard InChI is InChI=1S/C7H13N5/c1-12(3-2-8)7-4-6(9)10-5-11-7/h4-5H,2-3,8H2,1H3,(H2,9,10,11). The highest BCUT2D eigenvalue weighted by Crippen LogP contribution is 2.08. The van der Waals surface area contributed by atoms with E-state index in [2.05, 4.69) is 9.97 Å². The Morgan fingerprint density at radius 3 is 2.83 bits per heavy atom. The highest BCUT2D eigenvalue weighted by atomic mass is 15.2. The molecule has 0 radical (unpaired) electrons. The van der Waals surface area contributed by atoms with Gasteiger partial charge in [0.25, 0.3) is 0 Å². The number of hydrogen-bond acceptors (Lipinski definition) is 5. The van der Waals surface area contributed by atoms with Gasteiger partial charge < -0.3 is 16.4 Å². The molecule has 0 fully saturated rings. The predicted molar refractivity (Wildman–Crippen MR) is 48.8 cm³/mol. The maximum atomic E-state index is 5.48. The van der Waals surface area contributed by atoms with Gasteiger partial charge in [0.1, 0.15) is 18.0 Å². The van der Waals surface area contributed by atoms with E-state index in [1.54, 1.807) is 6.07 Å². The molecule has 0 bridgehead atoms. The first-order valence-corrected chi connectivity index (χ1v) is 3.72. The number of nitrogens with two attached hydrogens (primary N) is 2. The fourth-order valence-corrected chi connectivity index (χ4v) is 0.878. The normalized spacial score (nSPS) is 9.83. The van der Waals surface area contributed by atoms with Crippen molar-refractivity contribution < 1.29 is 0 Å². The summed E-state index contributed by atoms with van der Waals surface area (Å²) in [6, 6.07) is 1.72. The number of nitrogens with zero attached hydrogens (tertiary/aromatic N) is 3. The summed E-state index contributed by atoms with van der Waals surface area (Å²) >= 11 is 0. The average molecular weight is 167 g/mol. The topological polar surface area (TPSA) is 81.1 Å². The SMILES string of the molecule is CN(CCN)c1cc(N)ncn1. The Labute approximate surface area is 71.4 Å². The molecule has 0 saturated carbocycles. The number of anilines is 2. The van der Waals surface area contributed by atoms with Gasteiger partial charge in [0.15, 0.2) is 0 Å². The van der Waals surface area contributed by atoms with Crippen LogP contribution in [0.1, 0.15) is 0 Å². The molecule has 0 amide bonds. The van der Waals surface area contributed by atoms with Crippen molar-refractivity contribution >= 4 is 11.6 Å². The van der Waals surface area contributed by atoms with Gasteiger partial charge in [0.05, 0.1) is 0 Å².